The van der Waals surface area contributed by atoms with Gasteiger partial charge in [-0.25, -0.2) is 0 Å². The molecule has 0 saturated carbocycles. The lowest BCUT2D eigenvalue weighted by Gasteiger charge is -2.16. The third-order valence-electron chi connectivity index (χ3n) is 3.37. The number of benzene rings is 2. The average molecular weight is 239 g/mol. The molecule has 0 aliphatic carbocycles. The molecule has 17 heavy (non-hydrogen) atoms. The molecule has 0 fully saturated rings. The number of aromatic amines is 1. The summed E-state index contributed by atoms with van der Waals surface area (Å²) in [6, 6.07) is 15.4. The van der Waals surface area contributed by atoms with Crippen molar-refractivity contribution in [1.82, 2.24) is 4.98 Å². The Labute approximate surface area is 102 Å². The molecule has 0 saturated heterocycles. The van der Waals surface area contributed by atoms with E-state index in [1.807, 2.05) is 0 Å². The molecule has 0 amide bonds. The topological polar surface area (TPSA) is 15.8 Å². The molecular weight excluding hydrogens is 222 g/mol. The molecule has 0 unspecified atom stereocenters. The molecule has 1 aromatic heterocycles. The first-order chi connectivity index (χ1) is 8.05. The Kier molecular flexibility index (Phi) is 2.17. The molecule has 0 atom stereocenters. The summed E-state index contributed by atoms with van der Waals surface area (Å²) in [6.45, 7) is 7.18. The highest BCUT2D eigenvalue weighted by Gasteiger charge is 2.17. The van der Waals surface area contributed by atoms with E-state index in [2.05, 4.69) is 67.1 Å². The zero-order valence-corrected chi connectivity index (χ0v) is 11.5. The molecule has 0 bridgehead atoms. The van der Waals surface area contributed by atoms with Crippen LogP contribution in [-0.4, -0.2) is 13.1 Å². The number of hydrogen-bond donors (Lipinski definition) is 1. The van der Waals surface area contributed by atoms with Crippen molar-refractivity contribution in [2.75, 3.05) is 0 Å². The number of H-pyrrole nitrogens is 1. The number of para-hydroxylation sites is 1. The summed E-state index contributed by atoms with van der Waals surface area (Å²) < 4.78 is 0. The Morgan fingerprint density at radius 1 is 0.824 bits per heavy atom. The smallest absolute Gasteiger partial charge is 0.0776 e. The fraction of sp³-hybridized carbons (Fsp3) is 0.200. The fourth-order valence-corrected chi connectivity index (χ4v) is 3.48. The monoisotopic (exact) mass is 239 g/mol. The van der Waals surface area contributed by atoms with Crippen molar-refractivity contribution < 1.29 is 0 Å². The Hall–Kier alpha value is -1.54. The van der Waals surface area contributed by atoms with Crippen molar-refractivity contribution in [2.24, 2.45) is 0 Å². The Morgan fingerprint density at radius 2 is 1.53 bits per heavy atom. The third kappa shape index (κ3) is 1.69. The normalized spacial score (nSPS) is 12.4. The van der Waals surface area contributed by atoms with Gasteiger partial charge in [-0.3, -0.25) is 0 Å². The van der Waals surface area contributed by atoms with Crippen molar-refractivity contribution in [3.63, 3.8) is 0 Å². The van der Waals surface area contributed by atoms with Gasteiger partial charge in [0.1, 0.15) is 0 Å². The van der Waals surface area contributed by atoms with E-state index in [4.69, 9.17) is 0 Å². The first-order valence-corrected chi connectivity index (χ1v) is 9.57. The van der Waals surface area contributed by atoms with Crippen LogP contribution in [0.1, 0.15) is 0 Å². The second-order valence-electron chi connectivity index (χ2n) is 5.68. The molecule has 1 nitrogen and oxygen atoms in total. The van der Waals surface area contributed by atoms with Crippen LogP contribution >= 0.6 is 0 Å². The summed E-state index contributed by atoms with van der Waals surface area (Å²) in [6.07, 6.45) is 0. The van der Waals surface area contributed by atoms with Crippen LogP contribution in [0.25, 0.3) is 21.8 Å². The minimum absolute atomic E-state index is 1.23. The van der Waals surface area contributed by atoms with E-state index in [0.29, 0.717) is 0 Å². The van der Waals surface area contributed by atoms with Gasteiger partial charge < -0.3 is 4.98 Å². The van der Waals surface area contributed by atoms with Crippen LogP contribution in [0, 0.1) is 0 Å². The van der Waals surface area contributed by atoms with Crippen LogP contribution < -0.4 is 5.19 Å². The van der Waals surface area contributed by atoms with E-state index in [-0.39, 0.29) is 0 Å². The highest BCUT2D eigenvalue weighted by molar-refractivity contribution is 6.88. The van der Waals surface area contributed by atoms with Crippen LogP contribution in [0.15, 0.2) is 42.5 Å². The van der Waals surface area contributed by atoms with Gasteiger partial charge in [-0.05, 0) is 12.1 Å². The first-order valence-electron chi connectivity index (χ1n) is 6.07. The molecule has 1 heterocycles. The molecule has 1 N–H and O–H groups in total. The number of rotatable bonds is 1. The van der Waals surface area contributed by atoms with Gasteiger partial charge >= 0.3 is 0 Å². The first kappa shape index (κ1) is 10.6. The largest absolute Gasteiger partial charge is 0.355 e. The highest BCUT2D eigenvalue weighted by atomic mass is 28.3. The minimum Gasteiger partial charge on any atom is -0.355 e. The van der Waals surface area contributed by atoms with E-state index in [9.17, 15) is 0 Å². The van der Waals surface area contributed by atoms with E-state index >= 15 is 0 Å². The van der Waals surface area contributed by atoms with Gasteiger partial charge in [-0.2, -0.15) is 0 Å². The van der Waals surface area contributed by atoms with Crippen molar-refractivity contribution in [3.05, 3.63) is 42.5 Å². The lowest BCUT2D eigenvalue weighted by Crippen LogP contribution is -2.37. The van der Waals surface area contributed by atoms with E-state index in [1.54, 1.807) is 0 Å². The predicted octanol–water partition coefficient (Wildman–Crippen LogP) is 3.87. The Morgan fingerprint density at radius 3 is 2.29 bits per heavy atom. The summed E-state index contributed by atoms with van der Waals surface area (Å²) in [5.74, 6) is 0. The highest BCUT2D eigenvalue weighted by Crippen LogP contribution is 2.24. The van der Waals surface area contributed by atoms with Crippen molar-refractivity contribution in [3.8, 4) is 0 Å². The average Bonchev–Trinajstić information content (AvgIpc) is 2.65. The van der Waals surface area contributed by atoms with Gasteiger partial charge in [0.25, 0.3) is 0 Å². The minimum atomic E-state index is -1.23. The van der Waals surface area contributed by atoms with E-state index in [1.165, 1.54) is 27.0 Å². The van der Waals surface area contributed by atoms with Gasteiger partial charge in [0.15, 0.2) is 0 Å². The molecule has 0 spiro atoms. The molecule has 2 aromatic carbocycles. The zero-order valence-electron chi connectivity index (χ0n) is 10.5. The lowest BCUT2D eigenvalue weighted by atomic mass is 10.1. The number of hydrogen-bond acceptors (Lipinski definition) is 0. The van der Waals surface area contributed by atoms with Crippen LogP contribution in [0.4, 0.5) is 0 Å². The molecule has 2 heteroatoms. The lowest BCUT2D eigenvalue weighted by molar-refractivity contribution is 1.55. The van der Waals surface area contributed by atoms with Gasteiger partial charge in [-0.1, -0.05) is 55.2 Å². The van der Waals surface area contributed by atoms with Gasteiger partial charge in [0.2, 0.25) is 0 Å². The second kappa shape index (κ2) is 3.47. The summed E-state index contributed by atoms with van der Waals surface area (Å²) >= 11 is 0. The zero-order chi connectivity index (χ0) is 12.0. The van der Waals surface area contributed by atoms with E-state index < -0.39 is 8.07 Å². The molecule has 3 aromatic rings. The molecule has 3 rings (SSSR count). The van der Waals surface area contributed by atoms with Crippen LogP contribution in [0.2, 0.25) is 19.6 Å². The number of aromatic nitrogens is 1. The number of fused-ring (bicyclic) bond motifs is 3. The van der Waals surface area contributed by atoms with Crippen molar-refractivity contribution in [2.45, 2.75) is 19.6 Å². The Bertz CT molecular complexity index is 689. The summed E-state index contributed by atoms with van der Waals surface area (Å²) in [7, 11) is -1.23. The van der Waals surface area contributed by atoms with E-state index in [0.717, 1.165) is 0 Å². The maximum absolute atomic E-state index is 3.47. The standard InChI is InChI=1S/C15H17NSi/c1-17(2,3)11-8-9-15-13(10-11)12-6-4-5-7-14(12)16-15/h4-10,16H,1-3H3. The molecular formula is C15H17NSi. The maximum Gasteiger partial charge on any atom is 0.0776 e. The third-order valence-corrected chi connectivity index (χ3v) is 5.42. The maximum atomic E-state index is 3.47. The van der Waals surface area contributed by atoms with Gasteiger partial charge in [0.05, 0.1) is 8.07 Å². The van der Waals surface area contributed by atoms with Crippen LogP contribution in [0.3, 0.4) is 0 Å². The second-order valence-corrected chi connectivity index (χ2v) is 10.8. The van der Waals surface area contributed by atoms with Crippen molar-refractivity contribution in [1.29, 1.82) is 0 Å². The summed E-state index contributed by atoms with van der Waals surface area (Å²) in [5, 5.41) is 4.22. The fourth-order valence-electron chi connectivity index (χ4n) is 2.31. The van der Waals surface area contributed by atoms with Gasteiger partial charge in [-0.15, -0.1) is 0 Å². The molecule has 0 radical (unpaired) electrons. The summed E-state index contributed by atoms with van der Waals surface area (Å²) in [5.41, 5.74) is 2.48. The molecule has 0 aliphatic rings. The van der Waals surface area contributed by atoms with Crippen LogP contribution in [-0.2, 0) is 0 Å². The summed E-state index contributed by atoms with van der Waals surface area (Å²) in [4.78, 5) is 3.47. The van der Waals surface area contributed by atoms with Gasteiger partial charge in [0, 0.05) is 21.8 Å². The predicted molar refractivity (Wildman–Crippen MR) is 78.8 cm³/mol. The molecule has 0 aliphatic heterocycles. The molecule has 86 valence electrons. The quantitative estimate of drug-likeness (QED) is 0.621. The number of nitrogens with one attached hydrogen (secondary N) is 1. The van der Waals surface area contributed by atoms with Crippen molar-refractivity contribution >= 4 is 35.1 Å². The SMILES string of the molecule is C[Si](C)(C)c1ccc2[nH]c3ccccc3c2c1. The Balaban J connectivity index is 2.38. The van der Waals surface area contributed by atoms with Crippen LogP contribution in [0.5, 0.6) is 0 Å².